The van der Waals surface area contributed by atoms with Gasteiger partial charge < -0.3 is 4.74 Å². The van der Waals surface area contributed by atoms with Gasteiger partial charge in [-0.15, -0.1) is 0 Å². The molecule has 0 atom stereocenters. The molecular weight excluding hydrogens is 266 g/mol. The second kappa shape index (κ2) is 7.19. The first-order valence-electron chi connectivity index (χ1n) is 6.65. The average molecular weight is 283 g/mol. The Labute approximate surface area is 123 Å². The molecule has 21 heavy (non-hydrogen) atoms. The number of carbonyl (C=O) groups is 1. The summed E-state index contributed by atoms with van der Waals surface area (Å²) in [5.74, 6) is 0.498. The number of rotatable bonds is 5. The molecule has 0 saturated heterocycles. The summed E-state index contributed by atoms with van der Waals surface area (Å²) >= 11 is 0. The molecule has 0 saturated carbocycles. The van der Waals surface area contributed by atoms with Gasteiger partial charge >= 0.3 is 0 Å². The molecule has 1 N–H and O–H groups in total. The molecule has 0 aliphatic rings. The second-order valence-corrected chi connectivity index (χ2v) is 4.67. The minimum atomic E-state index is -0.275. The molecule has 0 unspecified atom stereocenters. The predicted molar refractivity (Wildman–Crippen MR) is 81.5 cm³/mol. The van der Waals surface area contributed by atoms with Crippen LogP contribution >= 0.6 is 0 Å². The lowest BCUT2D eigenvalue weighted by molar-refractivity contribution is 0.0955. The minimum absolute atomic E-state index is 0.114. The molecule has 5 heteroatoms. The molecule has 0 aliphatic heterocycles. The summed E-state index contributed by atoms with van der Waals surface area (Å²) in [6.07, 6.45) is 4.81. The lowest BCUT2D eigenvalue weighted by atomic mass is 10.2. The fourth-order valence-electron chi connectivity index (χ4n) is 1.67. The highest BCUT2D eigenvalue weighted by Gasteiger charge is 2.02. The first-order chi connectivity index (χ1) is 10.1. The zero-order valence-corrected chi connectivity index (χ0v) is 12.0. The van der Waals surface area contributed by atoms with E-state index in [1.165, 1.54) is 0 Å². The fraction of sp³-hybridized carbons (Fsp3) is 0.188. The van der Waals surface area contributed by atoms with Gasteiger partial charge in [0.2, 0.25) is 0 Å². The maximum absolute atomic E-state index is 11.8. The topological polar surface area (TPSA) is 63.6 Å². The van der Waals surface area contributed by atoms with Crippen LogP contribution in [0, 0.1) is 0 Å². The van der Waals surface area contributed by atoms with E-state index in [-0.39, 0.29) is 12.0 Å². The Balaban J connectivity index is 1.97. The number of nitrogens with one attached hydrogen (secondary N) is 1. The summed E-state index contributed by atoms with van der Waals surface area (Å²) < 4.78 is 5.60. The number of hydrogen-bond acceptors (Lipinski definition) is 4. The van der Waals surface area contributed by atoms with Crippen LogP contribution in [0.25, 0.3) is 0 Å². The van der Waals surface area contributed by atoms with Crippen LogP contribution in [0.3, 0.4) is 0 Å². The third-order valence-corrected chi connectivity index (χ3v) is 2.55. The largest absolute Gasteiger partial charge is 0.491 e. The van der Waals surface area contributed by atoms with E-state index >= 15 is 0 Å². The van der Waals surface area contributed by atoms with Crippen molar-refractivity contribution in [1.82, 2.24) is 10.4 Å². The molecule has 2 aromatic rings. The molecule has 0 radical (unpaired) electrons. The number of pyridine rings is 1. The van der Waals surface area contributed by atoms with Crippen LogP contribution in [0.5, 0.6) is 5.75 Å². The number of ether oxygens (including phenoxy) is 1. The van der Waals surface area contributed by atoms with E-state index in [1.807, 2.05) is 38.1 Å². The third kappa shape index (κ3) is 4.72. The molecule has 1 aromatic carbocycles. The van der Waals surface area contributed by atoms with E-state index in [0.29, 0.717) is 5.56 Å². The quantitative estimate of drug-likeness (QED) is 0.677. The van der Waals surface area contributed by atoms with Gasteiger partial charge in [-0.2, -0.15) is 5.10 Å². The van der Waals surface area contributed by atoms with Gasteiger partial charge in [0, 0.05) is 18.0 Å². The van der Waals surface area contributed by atoms with Crippen LogP contribution in [0.2, 0.25) is 0 Å². The van der Waals surface area contributed by atoms with Gasteiger partial charge in [-0.05, 0) is 43.7 Å². The number of aromatic nitrogens is 1. The molecule has 5 nitrogen and oxygen atoms in total. The van der Waals surface area contributed by atoms with Crippen LogP contribution < -0.4 is 10.2 Å². The van der Waals surface area contributed by atoms with Crippen molar-refractivity contribution in [1.29, 1.82) is 0 Å². The van der Waals surface area contributed by atoms with Crippen LogP contribution in [0.4, 0.5) is 0 Å². The first-order valence-corrected chi connectivity index (χ1v) is 6.65. The van der Waals surface area contributed by atoms with Crippen LogP contribution in [0.15, 0.2) is 53.9 Å². The number of carbonyl (C=O) groups excluding carboxylic acids is 1. The minimum Gasteiger partial charge on any atom is -0.491 e. The average Bonchev–Trinajstić information content (AvgIpc) is 2.48. The second-order valence-electron chi connectivity index (χ2n) is 4.67. The molecule has 0 spiro atoms. The third-order valence-electron chi connectivity index (χ3n) is 2.55. The summed E-state index contributed by atoms with van der Waals surface area (Å²) in [6, 6.07) is 10.8. The maximum atomic E-state index is 11.8. The zero-order valence-electron chi connectivity index (χ0n) is 12.0. The lowest BCUT2D eigenvalue weighted by Crippen LogP contribution is -2.17. The van der Waals surface area contributed by atoms with Gasteiger partial charge in [-0.3, -0.25) is 9.78 Å². The van der Waals surface area contributed by atoms with Gasteiger partial charge in [0.05, 0.1) is 12.3 Å². The highest BCUT2D eigenvalue weighted by atomic mass is 16.5. The highest BCUT2D eigenvalue weighted by molar-refractivity contribution is 5.94. The van der Waals surface area contributed by atoms with E-state index in [9.17, 15) is 4.79 Å². The van der Waals surface area contributed by atoms with Crippen molar-refractivity contribution >= 4 is 12.1 Å². The molecule has 2 rings (SSSR count). The van der Waals surface area contributed by atoms with E-state index in [4.69, 9.17) is 4.74 Å². The Hall–Kier alpha value is -2.69. The first kappa shape index (κ1) is 14.7. The number of amides is 1. The van der Waals surface area contributed by atoms with Crippen molar-refractivity contribution < 1.29 is 9.53 Å². The Morgan fingerprint density at radius 1 is 1.29 bits per heavy atom. The zero-order chi connectivity index (χ0) is 15.1. The Morgan fingerprint density at radius 2 is 2.05 bits per heavy atom. The van der Waals surface area contributed by atoms with Gasteiger partial charge in [0.15, 0.2) is 0 Å². The Morgan fingerprint density at radius 3 is 2.76 bits per heavy atom. The van der Waals surface area contributed by atoms with E-state index in [0.717, 1.165) is 11.3 Å². The van der Waals surface area contributed by atoms with E-state index < -0.39 is 0 Å². The number of nitrogens with zero attached hydrogens (tertiary/aromatic N) is 2. The van der Waals surface area contributed by atoms with Crippen molar-refractivity contribution in [2.75, 3.05) is 0 Å². The molecule has 0 bridgehead atoms. The fourth-order valence-corrected chi connectivity index (χ4v) is 1.67. The summed E-state index contributed by atoms with van der Waals surface area (Å²) in [7, 11) is 0. The molecule has 0 fully saturated rings. The van der Waals surface area contributed by atoms with Gasteiger partial charge in [0.1, 0.15) is 5.75 Å². The number of hydrazone groups is 1. The molecule has 108 valence electrons. The van der Waals surface area contributed by atoms with Crippen molar-refractivity contribution in [2.24, 2.45) is 5.10 Å². The monoisotopic (exact) mass is 283 g/mol. The summed E-state index contributed by atoms with van der Waals surface area (Å²) in [6.45, 7) is 3.94. The summed E-state index contributed by atoms with van der Waals surface area (Å²) in [5.41, 5.74) is 3.83. The lowest BCUT2D eigenvalue weighted by Gasteiger charge is -2.09. The normalized spacial score (nSPS) is 10.8. The van der Waals surface area contributed by atoms with Crippen LogP contribution in [0.1, 0.15) is 29.8 Å². The number of benzene rings is 1. The van der Waals surface area contributed by atoms with E-state index in [1.54, 1.807) is 30.7 Å². The van der Waals surface area contributed by atoms with Crippen LogP contribution in [-0.4, -0.2) is 23.2 Å². The van der Waals surface area contributed by atoms with Crippen molar-refractivity contribution in [3.8, 4) is 5.75 Å². The van der Waals surface area contributed by atoms with E-state index in [2.05, 4.69) is 15.5 Å². The maximum Gasteiger partial charge on any atom is 0.271 e. The highest BCUT2D eigenvalue weighted by Crippen LogP contribution is 2.13. The molecule has 1 heterocycles. The smallest absolute Gasteiger partial charge is 0.271 e. The summed E-state index contributed by atoms with van der Waals surface area (Å²) in [4.78, 5) is 15.6. The van der Waals surface area contributed by atoms with Gasteiger partial charge in [-0.1, -0.05) is 12.1 Å². The Kier molecular flexibility index (Phi) is 5.04. The standard InChI is InChI=1S/C16H17N3O2/c1-12(2)21-15-5-3-4-13(10-15)11-18-19-16(20)14-6-8-17-9-7-14/h3-12H,1-2H3,(H,19,20)/b18-11-. The molecule has 1 aromatic heterocycles. The van der Waals surface area contributed by atoms with Crippen LogP contribution in [-0.2, 0) is 0 Å². The van der Waals surface area contributed by atoms with Crippen molar-refractivity contribution in [3.05, 3.63) is 59.9 Å². The summed E-state index contributed by atoms with van der Waals surface area (Å²) in [5, 5.41) is 3.94. The van der Waals surface area contributed by atoms with Crippen molar-refractivity contribution in [2.45, 2.75) is 20.0 Å². The molecule has 0 aliphatic carbocycles. The van der Waals surface area contributed by atoms with Gasteiger partial charge in [0.25, 0.3) is 5.91 Å². The van der Waals surface area contributed by atoms with Crippen molar-refractivity contribution in [3.63, 3.8) is 0 Å². The molecular formula is C16H17N3O2. The van der Waals surface area contributed by atoms with Gasteiger partial charge in [-0.25, -0.2) is 5.43 Å². The Bertz CT molecular complexity index is 624. The molecule has 1 amide bonds. The predicted octanol–water partition coefficient (Wildman–Crippen LogP) is 2.63. The SMILES string of the molecule is CC(C)Oc1cccc(/C=N\NC(=O)c2ccncc2)c1. The number of hydrogen-bond donors (Lipinski definition) is 1.